The Bertz CT molecular complexity index is 1450. The molecule has 5 rings (SSSR count). The largest absolute Gasteiger partial charge is 0.220 e. The molecule has 2 heteroatoms. The van der Waals surface area contributed by atoms with Crippen LogP contribution in [0.25, 0.3) is 33.2 Å². The van der Waals surface area contributed by atoms with E-state index >= 15 is 0 Å². The lowest BCUT2D eigenvalue weighted by Gasteiger charge is -2.24. The molecule has 0 aliphatic rings. The number of fused-ring (bicyclic) bond motifs is 1. The average molecular weight is 459 g/mol. The van der Waals surface area contributed by atoms with E-state index in [1.807, 2.05) is 0 Å². The van der Waals surface area contributed by atoms with Gasteiger partial charge in [-0.3, -0.25) is 0 Å². The Morgan fingerprint density at radius 1 is 0.706 bits per heavy atom. The number of pyridine rings is 1. The standard InChI is InChI=1S/C32H32NSi/c1-24-15-16-27(26-13-9-6-10-14-26)22-31(24)32-30-18-17-29(21-28(30)19-20-33(32)2)34(3,4)23-25-11-7-5-8-12-25/h5-22H,23H2,1-4H3/q+1. The molecular weight excluding hydrogens is 426 g/mol. The van der Waals surface area contributed by atoms with E-state index in [2.05, 4.69) is 141 Å². The molecule has 1 aromatic heterocycles. The van der Waals surface area contributed by atoms with Crippen LogP contribution in [-0.4, -0.2) is 8.07 Å². The second-order valence-corrected chi connectivity index (χ2v) is 14.7. The van der Waals surface area contributed by atoms with Crippen LogP contribution < -0.4 is 9.75 Å². The summed E-state index contributed by atoms with van der Waals surface area (Å²) in [7, 11) is 0.540. The minimum atomic E-state index is -1.62. The van der Waals surface area contributed by atoms with E-state index in [1.54, 1.807) is 0 Å². The van der Waals surface area contributed by atoms with Gasteiger partial charge >= 0.3 is 0 Å². The maximum absolute atomic E-state index is 2.48. The van der Waals surface area contributed by atoms with E-state index < -0.39 is 8.07 Å². The Balaban J connectivity index is 1.60. The van der Waals surface area contributed by atoms with Crippen LogP contribution in [0.2, 0.25) is 13.1 Å². The molecular formula is C32H32NSi+. The Morgan fingerprint density at radius 3 is 2.15 bits per heavy atom. The fraction of sp³-hybridized carbons (Fsp3) is 0.156. The molecule has 0 radical (unpaired) electrons. The fourth-order valence-electron chi connectivity index (χ4n) is 5.02. The highest BCUT2D eigenvalue weighted by Crippen LogP contribution is 2.32. The lowest BCUT2D eigenvalue weighted by Crippen LogP contribution is -2.44. The molecule has 1 heterocycles. The average Bonchev–Trinajstić information content (AvgIpc) is 2.85. The van der Waals surface area contributed by atoms with E-state index in [1.165, 1.54) is 49.5 Å². The van der Waals surface area contributed by atoms with Crippen LogP contribution in [0.1, 0.15) is 11.1 Å². The summed E-state index contributed by atoms with van der Waals surface area (Å²) in [5.41, 5.74) is 7.82. The third kappa shape index (κ3) is 4.34. The van der Waals surface area contributed by atoms with Crippen molar-refractivity contribution in [3.63, 3.8) is 0 Å². The van der Waals surface area contributed by atoms with Crippen LogP contribution in [0.3, 0.4) is 0 Å². The first-order valence-electron chi connectivity index (χ1n) is 12.1. The third-order valence-corrected chi connectivity index (χ3v) is 10.2. The highest BCUT2D eigenvalue weighted by Gasteiger charge is 2.25. The van der Waals surface area contributed by atoms with E-state index in [0.29, 0.717) is 0 Å². The summed E-state index contributed by atoms with van der Waals surface area (Å²) < 4.78 is 2.27. The van der Waals surface area contributed by atoms with Gasteiger partial charge in [-0.15, -0.1) is 0 Å². The number of hydrogen-bond donors (Lipinski definition) is 0. The smallest absolute Gasteiger partial charge is 0.200 e. The molecule has 1 nitrogen and oxygen atoms in total. The number of aryl methyl sites for hydroxylation is 2. The van der Waals surface area contributed by atoms with Crippen molar-refractivity contribution in [2.45, 2.75) is 26.1 Å². The van der Waals surface area contributed by atoms with Crippen LogP contribution in [0.5, 0.6) is 0 Å². The van der Waals surface area contributed by atoms with Gasteiger partial charge in [0.15, 0.2) is 6.20 Å². The summed E-state index contributed by atoms with van der Waals surface area (Å²) >= 11 is 0. The van der Waals surface area contributed by atoms with Crippen molar-refractivity contribution in [2.24, 2.45) is 7.05 Å². The molecule has 0 N–H and O–H groups in total. The maximum atomic E-state index is 2.48. The molecule has 34 heavy (non-hydrogen) atoms. The van der Waals surface area contributed by atoms with E-state index in [-0.39, 0.29) is 0 Å². The normalized spacial score (nSPS) is 11.6. The third-order valence-electron chi connectivity index (χ3n) is 7.01. The van der Waals surface area contributed by atoms with Gasteiger partial charge in [0.2, 0.25) is 5.69 Å². The summed E-state index contributed by atoms with van der Waals surface area (Å²) in [5.74, 6) is 0. The Morgan fingerprint density at radius 2 is 1.41 bits per heavy atom. The lowest BCUT2D eigenvalue weighted by atomic mass is 9.95. The number of aromatic nitrogens is 1. The molecule has 0 aliphatic carbocycles. The second kappa shape index (κ2) is 9.04. The van der Waals surface area contributed by atoms with Gasteiger partial charge < -0.3 is 0 Å². The highest BCUT2D eigenvalue weighted by atomic mass is 28.3. The summed E-state index contributed by atoms with van der Waals surface area (Å²) in [6.07, 6.45) is 2.21. The van der Waals surface area contributed by atoms with Gasteiger partial charge in [0.1, 0.15) is 7.05 Å². The summed E-state index contributed by atoms with van der Waals surface area (Å²) in [5, 5.41) is 4.15. The first kappa shape index (κ1) is 22.3. The van der Waals surface area contributed by atoms with Crippen molar-refractivity contribution in [2.75, 3.05) is 0 Å². The van der Waals surface area contributed by atoms with Crippen LogP contribution in [-0.2, 0) is 13.1 Å². The van der Waals surface area contributed by atoms with Crippen LogP contribution in [0.4, 0.5) is 0 Å². The monoisotopic (exact) mass is 458 g/mol. The van der Waals surface area contributed by atoms with Crippen molar-refractivity contribution >= 4 is 24.0 Å². The van der Waals surface area contributed by atoms with Gasteiger partial charge in [0, 0.05) is 6.07 Å². The maximum Gasteiger partial charge on any atom is 0.220 e. The van der Waals surface area contributed by atoms with Crippen molar-refractivity contribution in [3.8, 4) is 22.4 Å². The molecule has 168 valence electrons. The molecule has 0 bridgehead atoms. The molecule has 5 aromatic rings. The van der Waals surface area contributed by atoms with E-state index in [0.717, 1.165) is 6.04 Å². The van der Waals surface area contributed by atoms with Gasteiger partial charge in [-0.05, 0) is 47.2 Å². The molecule has 0 saturated heterocycles. The minimum absolute atomic E-state index is 1.16. The number of hydrogen-bond acceptors (Lipinski definition) is 0. The Hall–Kier alpha value is -3.49. The van der Waals surface area contributed by atoms with Gasteiger partial charge in [0.05, 0.1) is 19.0 Å². The van der Waals surface area contributed by atoms with Crippen molar-refractivity contribution in [3.05, 3.63) is 120 Å². The SMILES string of the molecule is Cc1ccc(-c2ccccc2)cc1-c1c2ccc([Si](C)(C)Cc3ccccc3)cc2cc[n+]1C. The molecule has 0 unspecified atom stereocenters. The Kier molecular flexibility index (Phi) is 5.93. The van der Waals surface area contributed by atoms with Crippen LogP contribution in [0, 0.1) is 6.92 Å². The zero-order valence-corrected chi connectivity index (χ0v) is 21.5. The number of benzene rings is 4. The fourth-order valence-corrected chi connectivity index (χ4v) is 7.57. The highest BCUT2D eigenvalue weighted by molar-refractivity contribution is 6.89. The van der Waals surface area contributed by atoms with Gasteiger partial charge in [0.25, 0.3) is 0 Å². The van der Waals surface area contributed by atoms with Gasteiger partial charge in [-0.1, -0.05) is 109 Å². The molecule has 4 aromatic carbocycles. The molecule has 0 saturated carbocycles. The molecule has 0 amide bonds. The lowest BCUT2D eigenvalue weighted by molar-refractivity contribution is -0.659. The zero-order chi connectivity index (χ0) is 23.7. The van der Waals surface area contributed by atoms with Gasteiger partial charge in [-0.2, -0.15) is 0 Å². The Labute approximate surface area is 204 Å². The minimum Gasteiger partial charge on any atom is -0.200 e. The number of rotatable bonds is 5. The molecule has 0 atom stereocenters. The zero-order valence-electron chi connectivity index (χ0n) is 20.5. The van der Waals surface area contributed by atoms with E-state index in [4.69, 9.17) is 0 Å². The predicted molar refractivity (Wildman–Crippen MR) is 148 cm³/mol. The summed E-state index contributed by atoms with van der Waals surface area (Å²) in [6.45, 7) is 7.18. The first-order valence-corrected chi connectivity index (χ1v) is 15.3. The van der Waals surface area contributed by atoms with Crippen molar-refractivity contribution in [1.82, 2.24) is 0 Å². The topological polar surface area (TPSA) is 3.88 Å². The van der Waals surface area contributed by atoms with Crippen LogP contribution >= 0.6 is 0 Å². The number of nitrogens with zero attached hydrogens (tertiary/aromatic N) is 1. The van der Waals surface area contributed by atoms with Crippen molar-refractivity contribution < 1.29 is 4.57 Å². The first-order chi connectivity index (χ1) is 16.4. The second-order valence-electron chi connectivity index (χ2n) is 10.0. The summed E-state index contributed by atoms with van der Waals surface area (Å²) in [4.78, 5) is 0. The van der Waals surface area contributed by atoms with Gasteiger partial charge in [-0.25, -0.2) is 4.57 Å². The predicted octanol–water partition coefficient (Wildman–Crippen LogP) is 7.00. The van der Waals surface area contributed by atoms with Crippen LogP contribution in [0.15, 0.2) is 109 Å². The molecule has 0 aliphatic heterocycles. The van der Waals surface area contributed by atoms with Crippen molar-refractivity contribution in [1.29, 1.82) is 0 Å². The quantitative estimate of drug-likeness (QED) is 0.197. The molecule has 0 fully saturated rings. The summed E-state index contributed by atoms with van der Waals surface area (Å²) in [6, 6.07) is 39.0. The molecule has 0 spiro atoms. The van der Waals surface area contributed by atoms with E-state index in [9.17, 15) is 0 Å².